The first-order valence-electron chi connectivity index (χ1n) is 15.6. The number of aliphatic carboxylic acids is 1. The minimum Gasteiger partial charge on any atom is -0.481 e. The molecular weight excluding hydrogens is 484 g/mol. The first kappa shape index (κ1) is 42.1. The second-order valence-corrected chi connectivity index (χ2v) is 14.5. The van der Waals surface area contributed by atoms with Crippen LogP contribution in [0.25, 0.3) is 0 Å². The van der Waals surface area contributed by atoms with Gasteiger partial charge in [0.05, 0.1) is 5.41 Å². The average molecular weight is 555 g/mol. The number of carboxylic acid groups (broad SMARTS) is 1. The normalized spacial score (nSPS) is 11.8. The maximum atomic E-state index is 11.1. The maximum Gasteiger partial charge on any atom is 0.309 e. The molecule has 5 heteroatoms. The smallest absolute Gasteiger partial charge is 0.309 e. The number of hydrogen-bond acceptors (Lipinski definition) is 3. The molecule has 1 amide bonds. The average Bonchev–Trinajstić information content (AvgIpc) is 2.71. The van der Waals surface area contributed by atoms with E-state index in [0.717, 1.165) is 68.2 Å². The van der Waals surface area contributed by atoms with Crippen molar-refractivity contribution < 1.29 is 14.7 Å². The number of carbonyl (C=O) groups is 2. The van der Waals surface area contributed by atoms with E-state index < -0.39 is 11.4 Å². The van der Waals surface area contributed by atoms with E-state index >= 15 is 0 Å². The summed E-state index contributed by atoms with van der Waals surface area (Å²) in [5, 5.41) is 12.0. The maximum absolute atomic E-state index is 11.1. The molecule has 0 atom stereocenters. The molecule has 5 nitrogen and oxygen atoms in total. The van der Waals surface area contributed by atoms with E-state index in [2.05, 4.69) is 95.0 Å². The van der Waals surface area contributed by atoms with Crippen molar-refractivity contribution in [3.8, 4) is 0 Å². The molecule has 0 radical (unpaired) electrons. The van der Waals surface area contributed by atoms with Crippen LogP contribution in [0.2, 0.25) is 0 Å². The van der Waals surface area contributed by atoms with Crippen molar-refractivity contribution in [3.63, 3.8) is 0 Å². The molecule has 0 rings (SSSR count). The van der Waals surface area contributed by atoms with Crippen molar-refractivity contribution in [1.29, 1.82) is 0 Å². The van der Waals surface area contributed by atoms with E-state index in [4.69, 9.17) is 10.8 Å². The van der Waals surface area contributed by atoms with Gasteiger partial charge in [0.2, 0.25) is 5.91 Å². The molecule has 0 aromatic rings. The van der Waals surface area contributed by atoms with E-state index in [-0.39, 0.29) is 5.91 Å². The molecule has 39 heavy (non-hydrogen) atoms. The third kappa shape index (κ3) is 29.4. The Morgan fingerprint density at radius 2 is 1.10 bits per heavy atom. The molecule has 234 valence electrons. The Hall–Kier alpha value is -1.36. The van der Waals surface area contributed by atoms with Crippen molar-refractivity contribution >= 4 is 11.9 Å². The summed E-state index contributed by atoms with van der Waals surface area (Å²) >= 11 is 0. The molecule has 0 unspecified atom stereocenters. The predicted octanol–water partition coefficient (Wildman–Crippen LogP) is 8.96. The highest BCUT2D eigenvalue weighted by atomic mass is 16.4. The van der Waals surface area contributed by atoms with Crippen molar-refractivity contribution in [1.82, 2.24) is 5.32 Å². The highest BCUT2D eigenvalue weighted by Gasteiger charge is 2.34. The Morgan fingerprint density at radius 1 is 0.744 bits per heavy atom. The number of carboxylic acids is 1. The molecular formula is C34H70N2O3. The van der Waals surface area contributed by atoms with Crippen molar-refractivity contribution in [3.05, 3.63) is 12.7 Å². The first-order valence-corrected chi connectivity index (χ1v) is 15.6. The van der Waals surface area contributed by atoms with Gasteiger partial charge >= 0.3 is 5.97 Å². The van der Waals surface area contributed by atoms with Crippen molar-refractivity contribution in [2.45, 2.75) is 141 Å². The van der Waals surface area contributed by atoms with Crippen LogP contribution in [0.3, 0.4) is 0 Å². The monoisotopic (exact) mass is 555 g/mol. The van der Waals surface area contributed by atoms with Gasteiger partial charge in [-0.05, 0) is 99.4 Å². The van der Waals surface area contributed by atoms with Gasteiger partial charge in [-0.2, -0.15) is 0 Å². The summed E-state index contributed by atoms with van der Waals surface area (Å²) in [7, 11) is 0. The molecule has 0 fully saturated rings. The van der Waals surface area contributed by atoms with Crippen LogP contribution in [0.15, 0.2) is 12.7 Å². The van der Waals surface area contributed by atoms with E-state index in [1.54, 1.807) is 0 Å². The third-order valence-electron chi connectivity index (χ3n) is 6.43. The predicted molar refractivity (Wildman–Crippen MR) is 172 cm³/mol. The Kier molecular flexibility index (Phi) is 25.2. The largest absolute Gasteiger partial charge is 0.481 e. The summed E-state index contributed by atoms with van der Waals surface area (Å²) in [5.41, 5.74) is 5.34. The van der Waals surface area contributed by atoms with Gasteiger partial charge in [-0.15, -0.1) is 0 Å². The molecule has 0 heterocycles. The lowest BCUT2D eigenvalue weighted by Gasteiger charge is -2.28. The number of rotatable bonds is 17. The van der Waals surface area contributed by atoms with Gasteiger partial charge in [0.1, 0.15) is 0 Å². The minimum absolute atomic E-state index is 0.0622. The third-order valence-corrected chi connectivity index (χ3v) is 6.43. The van der Waals surface area contributed by atoms with Crippen molar-refractivity contribution in [2.75, 3.05) is 6.54 Å². The SMILES string of the molecule is C=CC(=O)NCCC(CC(C)C)CC(C)C.CC(C)CC(C)(CC(C)C)C(=O)O.CC(C)CC(N)CC(C)C. The molecule has 0 aliphatic rings. The molecule has 0 bridgehead atoms. The van der Waals surface area contributed by atoms with Crippen LogP contribution >= 0.6 is 0 Å². The molecule has 0 spiro atoms. The summed E-state index contributed by atoms with van der Waals surface area (Å²) in [6, 6.07) is 0.417. The summed E-state index contributed by atoms with van der Waals surface area (Å²) in [6.45, 7) is 32.3. The lowest BCUT2D eigenvalue weighted by molar-refractivity contribution is -0.150. The van der Waals surface area contributed by atoms with Crippen LogP contribution in [-0.2, 0) is 9.59 Å². The molecule has 0 aliphatic heterocycles. The van der Waals surface area contributed by atoms with Crippen LogP contribution in [0.1, 0.15) is 135 Å². The van der Waals surface area contributed by atoms with Gasteiger partial charge in [0.25, 0.3) is 0 Å². The first-order chi connectivity index (χ1) is 17.7. The molecule has 0 aliphatic carbocycles. The van der Waals surface area contributed by atoms with Gasteiger partial charge in [-0.3, -0.25) is 9.59 Å². The van der Waals surface area contributed by atoms with Crippen LogP contribution in [0.4, 0.5) is 0 Å². The molecule has 0 aromatic carbocycles. The molecule has 0 saturated carbocycles. The minimum atomic E-state index is -0.658. The number of carbonyl (C=O) groups excluding carboxylic acids is 1. The van der Waals surface area contributed by atoms with E-state index in [9.17, 15) is 9.59 Å². The fourth-order valence-electron chi connectivity index (χ4n) is 5.50. The van der Waals surface area contributed by atoms with Crippen LogP contribution in [0.5, 0.6) is 0 Å². The Morgan fingerprint density at radius 3 is 1.36 bits per heavy atom. The lowest BCUT2D eigenvalue weighted by atomic mass is 9.76. The number of hydrogen-bond donors (Lipinski definition) is 3. The summed E-state index contributed by atoms with van der Waals surface area (Å²) in [5.74, 6) is 3.85. The van der Waals surface area contributed by atoms with E-state index in [1.165, 1.54) is 18.9 Å². The molecule has 0 saturated heterocycles. The second-order valence-electron chi connectivity index (χ2n) is 14.5. The summed E-state index contributed by atoms with van der Waals surface area (Å²) < 4.78 is 0. The highest BCUT2D eigenvalue weighted by Crippen LogP contribution is 2.33. The van der Waals surface area contributed by atoms with Gasteiger partial charge in [0.15, 0.2) is 0 Å². The van der Waals surface area contributed by atoms with Gasteiger partial charge in [-0.1, -0.05) is 89.7 Å². The topological polar surface area (TPSA) is 92.4 Å². The molecule has 4 N–H and O–H groups in total. The van der Waals surface area contributed by atoms with Gasteiger partial charge in [0, 0.05) is 12.6 Å². The fourth-order valence-corrected chi connectivity index (χ4v) is 5.50. The quantitative estimate of drug-likeness (QED) is 0.156. The van der Waals surface area contributed by atoms with Crippen LogP contribution in [0, 0.1) is 46.8 Å². The zero-order valence-electron chi connectivity index (χ0n) is 28.4. The standard InChI is InChI=1S/C14H27NO.C11H22O2.C9H21N/c1-6-14(16)15-8-7-13(9-11(2)3)10-12(4)5;1-8(2)6-11(5,10(12)13)7-9(3)4;1-7(2)5-9(10)6-8(3)4/h6,11-13H,1,7-10H2,2-5H3,(H,15,16);8-9H,6-7H2,1-5H3,(H,12,13);7-9H,5-6,10H2,1-4H3. The summed E-state index contributed by atoms with van der Waals surface area (Å²) in [6.07, 6.45) is 8.78. The van der Waals surface area contributed by atoms with E-state index in [1.807, 2.05) is 6.92 Å². The van der Waals surface area contributed by atoms with Crippen molar-refractivity contribution in [2.24, 2.45) is 52.6 Å². The second kappa shape index (κ2) is 23.4. The fraction of sp³-hybridized carbons (Fsp3) is 0.882. The lowest BCUT2D eigenvalue weighted by Crippen LogP contribution is -2.30. The zero-order chi connectivity index (χ0) is 31.3. The summed E-state index contributed by atoms with van der Waals surface area (Å²) in [4.78, 5) is 22.1. The zero-order valence-corrected chi connectivity index (χ0v) is 28.4. The number of nitrogens with two attached hydrogens (primary N) is 1. The highest BCUT2D eigenvalue weighted by molar-refractivity contribution is 5.86. The Balaban J connectivity index is -0.000000513. The van der Waals surface area contributed by atoms with Gasteiger partial charge in [-0.25, -0.2) is 0 Å². The van der Waals surface area contributed by atoms with Gasteiger partial charge < -0.3 is 16.2 Å². The number of amides is 1. The number of nitrogens with one attached hydrogen (secondary N) is 1. The Labute approximate surface area is 244 Å². The van der Waals surface area contributed by atoms with Crippen LogP contribution in [-0.4, -0.2) is 29.6 Å². The Bertz CT molecular complexity index is 594. The molecule has 0 aromatic heterocycles. The van der Waals surface area contributed by atoms with E-state index in [0.29, 0.717) is 17.9 Å². The van der Waals surface area contributed by atoms with Crippen LogP contribution < -0.4 is 11.1 Å².